The van der Waals surface area contributed by atoms with E-state index in [4.69, 9.17) is 5.73 Å². The van der Waals surface area contributed by atoms with Crippen LogP contribution in [-0.2, 0) is 11.2 Å². The van der Waals surface area contributed by atoms with Crippen molar-refractivity contribution in [1.82, 2.24) is 15.3 Å². The molecular formula is C7H11N4O. The first kappa shape index (κ1) is 8.58. The molecule has 4 N–H and O–H groups in total. The van der Waals surface area contributed by atoms with Crippen molar-refractivity contribution in [3.05, 3.63) is 12.0 Å². The lowest BCUT2D eigenvalue weighted by Gasteiger charge is -1.95. The van der Waals surface area contributed by atoms with E-state index in [1.165, 1.54) is 0 Å². The highest BCUT2D eigenvalue weighted by atomic mass is 16.1. The summed E-state index contributed by atoms with van der Waals surface area (Å²) >= 11 is 0. The Hall–Kier alpha value is -1.52. The van der Waals surface area contributed by atoms with Gasteiger partial charge in [0.25, 0.3) is 0 Å². The zero-order valence-corrected chi connectivity index (χ0v) is 6.63. The van der Waals surface area contributed by atoms with E-state index in [1.807, 2.05) is 0 Å². The summed E-state index contributed by atoms with van der Waals surface area (Å²) in [6, 6.07) is 0. The van der Waals surface area contributed by atoms with Gasteiger partial charge in [-0.15, -0.1) is 0 Å². The summed E-state index contributed by atoms with van der Waals surface area (Å²) in [6.45, 7) is 0.615. The molecule has 0 fully saturated rings. The second-order valence-electron chi connectivity index (χ2n) is 2.42. The highest BCUT2D eigenvalue weighted by Crippen LogP contribution is 1.99. The summed E-state index contributed by atoms with van der Waals surface area (Å²) in [5.74, 6) is 1.42. The summed E-state index contributed by atoms with van der Waals surface area (Å²) < 4.78 is 0. The number of nitrogens with zero attached hydrogens (tertiary/aromatic N) is 1. The average Bonchev–Trinajstić information content (AvgIpc) is 2.45. The number of hydrogen-bond donors (Lipinski definition) is 3. The molecule has 1 amide bonds. The molecule has 5 heteroatoms. The first-order valence-corrected chi connectivity index (χ1v) is 3.72. The van der Waals surface area contributed by atoms with Crippen LogP contribution in [0, 0.1) is 0 Å². The Morgan fingerprint density at radius 3 is 3.17 bits per heavy atom. The van der Waals surface area contributed by atoms with Crippen molar-refractivity contribution in [3.8, 4) is 0 Å². The van der Waals surface area contributed by atoms with Crippen molar-refractivity contribution in [2.45, 2.75) is 12.8 Å². The number of imidazole rings is 1. The van der Waals surface area contributed by atoms with Gasteiger partial charge in [0, 0.05) is 13.0 Å². The number of aryl methyl sites for hydroxylation is 1. The third kappa shape index (κ3) is 2.61. The predicted octanol–water partition coefficient (Wildman–Crippen LogP) is -0.419. The minimum absolute atomic E-state index is 0.569. The van der Waals surface area contributed by atoms with Gasteiger partial charge >= 0.3 is 6.41 Å². The van der Waals surface area contributed by atoms with Gasteiger partial charge in [0.1, 0.15) is 11.6 Å². The van der Waals surface area contributed by atoms with Gasteiger partial charge in [0.05, 0.1) is 6.20 Å². The SMILES string of the molecule is Nc1cnc(CCCN[C]=O)[nH]1. The van der Waals surface area contributed by atoms with E-state index in [0.29, 0.717) is 12.4 Å². The van der Waals surface area contributed by atoms with Crippen molar-refractivity contribution < 1.29 is 4.79 Å². The zero-order chi connectivity index (χ0) is 8.81. The van der Waals surface area contributed by atoms with Gasteiger partial charge < -0.3 is 16.0 Å². The molecule has 0 unspecified atom stereocenters. The first-order chi connectivity index (χ1) is 5.83. The van der Waals surface area contributed by atoms with E-state index >= 15 is 0 Å². The van der Waals surface area contributed by atoms with Crippen LogP contribution in [0.25, 0.3) is 0 Å². The Morgan fingerprint density at radius 1 is 1.75 bits per heavy atom. The van der Waals surface area contributed by atoms with Crippen LogP contribution in [0.4, 0.5) is 5.82 Å². The molecule has 0 saturated carbocycles. The molecule has 1 rings (SSSR count). The van der Waals surface area contributed by atoms with Crippen LogP contribution in [0.3, 0.4) is 0 Å². The molecule has 0 aliphatic heterocycles. The van der Waals surface area contributed by atoms with Crippen LogP contribution in [0.15, 0.2) is 6.20 Å². The monoisotopic (exact) mass is 167 g/mol. The summed E-state index contributed by atoms with van der Waals surface area (Å²) in [5, 5.41) is 2.45. The van der Waals surface area contributed by atoms with Crippen molar-refractivity contribution in [2.75, 3.05) is 12.3 Å². The topological polar surface area (TPSA) is 83.8 Å². The van der Waals surface area contributed by atoms with Crippen LogP contribution in [0.1, 0.15) is 12.2 Å². The summed E-state index contributed by atoms with van der Waals surface area (Å²) in [6.07, 6.45) is 4.80. The molecule has 1 heterocycles. The maximum Gasteiger partial charge on any atom is 0.309 e. The molecule has 0 spiro atoms. The summed E-state index contributed by atoms with van der Waals surface area (Å²) in [7, 11) is 0. The number of aromatic amines is 1. The van der Waals surface area contributed by atoms with Crippen LogP contribution < -0.4 is 11.1 Å². The molecule has 0 bridgehead atoms. The number of nitrogen functional groups attached to an aromatic ring is 1. The zero-order valence-electron chi connectivity index (χ0n) is 6.63. The third-order valence-corrected chi connectivity index (χ3v) is 1.44. The van der Waals surface area contributed by atoms with E-state index in [-0.39, 0.29) is 0 Å². The molecule has 12 heavy (non-hydrogen) atoms. The van der Waals surface area contributed by atoms with Crippen LogP contribution in [0.2, 0.25) is 0 Å². The second-order valence-corrected chi connectivity index (χ2v) is 2.42. The molecule has 65 valence electrons. The van der Waals surface area contributed by atoms with Gasteiger partial charge in [0.15, 0.2) is 0 Å². The number of anilines is 1. The van der Waals surface area contributed by atoms with Gasteiger partial charge in [-0.05, 0) is 6.42 Å². The maximum atomic E-state index is 9.74. The molecule has 0 aromatic carbocycles. The Labute approximate surface area is 70.4 Å². The molecule has 0 atom stereocenters. The number of rotatable bonds is 5. The van der Waals surface area contributed by atoms with Gasteiger partial charge in [-0.1, -0.05) is 0 Å². The standard InChI is InChI=1S/C7H11N4O/c8-6-4-10-7(11-6)2-1-3-9-5-12/h4H,1-3,8H2,(H,9,12)(H,10,11). The Morgan fingerprint density at radius 2 is 2.58 bits per heavy atom. The van der Waals surface area contributed by atoms with Crippen molar-refractivity contribution in [3.63, 3.8) is 0 Å². The van der Waals surface area contributed by atoms with Crippen LogP contribution in [0.5, 0.6) is 0 Å². The first-order valence-electron chi connectivity index (χ1n) is 3.72. The smallest absolute Gasteiger partial charge is 0.309 e. The van der Waals surface area contributed by atoms with Crippen molar-refractivity contribution >= 4 is 12.2 Å². The minimum Gasteiger partial charge on any atom is -0.384 e. The Kier molecular flexibility index (Phi) is 3.13. The largest absolute Gasteiger partial charge is 0.384 e. The predicted molar refractivity (Wildman–Crippen MR) is 45.0 cm³/mol. The number of H-pyrrole nitrogens is 1. The fraction of sp³-hybridized carbons (Fsp3) is 0.429. The molecule has 1 radical (unpaired) electrons. The van der Waals surface area contributed by atoms with Gasteiger partial charge in [-0.3, -0.25) is 4.79 Å². The van der Waals surface area contributed by atoms with E-state index in [9.17, 15) is 4.79 Å². The van der Waals surface area contributed by atoms with Crippen molar-refractivity contribution in [2.24, 2.45) is 0 Å². The van der Waals surface area contributed by atoms with Gasteiger partial charge in [-0.25, -0.2) is 4.98 Å². The van der Waals surface area contributed by atoms with Crippen LogP contribution in [-0.4, -0.2) is 22.9 Å². The number of hydrogen-bond acceptors (Lipinski definition) is 3. The third-order valence-electron chi connectivity index (χ3n) is 1.44. The van der Waals surface area contributed by atoms with Crippen LogP contribution >= 0.6 is 0 Å². The average molecular weight is 167 g/mol. The lowest BCUT2D eigenvalue weighted by molar-refractivity contribution is 0.540. The Balaban J connectivity index is 2.19. The van der Waals surface area contributed by atoms with Gasteiger partial charge in [0.2, 0.25) is 0 Å². The number of amides is 1. The lowest BCUT2D eigenvalue weighted by Crippen LogP contribution is -2.12. The van der Waals surface area contributed by atoms with E-state index in [1.54, 1.807) is 12.6 Å². The van der Waals surface area contributed by atoms with E-state index < -0.39 is 0 Å². The normalized spacial score (nSPS) is 9.67. The number of nitrogens with two attached hydrogens (primary N) is 1. The minimum atomic E-state index is 0.569. The van der Waals surface area contributed by atoms with E-state index in [0.717, 1.165) is 18.7 Å². The molecule has 1 aromatic rings. The lowest BCUT2D eigenvalue weighted by atomic mass is 10.3. The summed E-state index contributed by atoms with van der Waals surface area (Å²) in [4.78, 5) is 16.6. The van der Waals surface area contributed by atoms with Crippen molar-refractivity contribution in [1.29, 1.82) is 0 Å². The number of aromatic nitrogens is 2. The van der Waals surface area contributed by atoms with E-state index in [2.05, 4.69) is 15.3 Å². The molecule has 0 aliphatic carbocycles. The van der Waals surface area contributed by atoms with Gasteiger partial charge in [-0.2, -0.15) is 0 Å². The fourth-order valence-electron chi connectivity index (χ4n) is 0.901. The quantitative estimate of drug-likeness (QED) is 0.411. The molecular weight excluding hydrogens is 156 g/mol. The second kappa shape index (κ2) is 4.38. The highest BCUT2D eigenvalue weighted by molar-refractivity contribution is 5.46. The maximum absolute atomic E-state index is 9.74. The molecule has 0 aliphatic rings. The summed E-state index contributed by atoms with van der Waals surface area (Å²) in [5.41, 5.74) is 5.41. The Bertz CT molecular complexity index is 245. The highest BCUT2D eigenvalue weighted by Gasteiger charge is 1.96. The molecule has 5 nitrogen and oxygen atoms in total. The molecule has 1 aromatic heterocycles. The molecule has 0 saturated heterocycles. The fourth-order valence-corrected chi connectivity index (χ4v) is 0.901. The number of carbonyl (C=O) groups excluding carboxylic acids is 1. The number of nitrogens with one attached hydrogen (secondary N) is 2.